The monoisotopic (exact) mass is 241 g/mol. The third-order valence-corrected chi connectivity index (χ3v) is 4.13. The largest absolute Gasteiger partial charge is 0.394 e. The molecule has 0 radical (unpaired) electrons. The SMILES string of the molecule is CC(=O)N1CC2CN(C)CCN2C(C)(CO)C1. The molecule has 5 heteroatoms. The Hall–Kier alpha value is -0.650. The second-order valence-corrected chi connectivity index (χ2v) is 5.66. The second-order valence-electron chi connectivity index (χ2n) is 5.66. The molecule has 0 saturated carbocycles. The zero-order valence-electron chi connectivity index (χ0n) is 11.0. The van der Waals surface area contributed by atoms with Crippen LogP contribution in [0.25, 0.3) is 0 Å². The standard InChI is InChI=1S/C12H23N3O2/c1-10(17)14-7-11-6-13(3)4-5-15(11)12(2,8-14)9-16/h11,16H,4-9H2,1-3H3. The summed E-state index contributed by atoms with van der Waals surface area (Å²) >= 11 is 0. The summed E-state index contributed by atoms with van der Waals surface area (Å²) in [6, 6.07) is 0.351. The first kappa shape index (κ1) is 12.8. The van der Waals surface area contributed by atoms with Crippen molar-refractivity contribution in [3.8, 4) is 0 Å². The van der Waals surface area contributed by atoms with Gasteiger partial charge in [0.1, 0.15) is 0 Å². The van der Waals surface area contributed by atoms with E-state index in [1.54, 1.807) is 6.92 Å². The molecule has 0 aromatic carbocycles. The highest BCUT2D eigenvalue weighted by molar-refractivity contribution is 5.73. The number of carbonyl (C=O) groups is 1. The summed E-state index contributed by atoms with van der Waals surface area (Å²) in [5, 5.41) is 9.66. The average Bonchev–Trinajstić information content (AvgIpc) is 2.28. The number of amides is 1. The number of fused-ring (bicyclic) bond motifs is 1. The highest BCUT2D eigenvalue weighted by Gasteiger charge is 2.44. The van der Waals surface area contributed by atoms with Gasteiger partial charge < -0.3 is 14.9 Å². The van der Waals surface area contributed by atoms with Gasteiger partial charge in [0.25, 0.3) is 0 Å². The maximum atomic E-state index is 11.6. The molecular formula is C12H23N3O2. The van der Waals surface area contributed by atoms with Crippen molar-refractivity contribution in [2.75, 3.05) is 46.4 Å². The molecule has 1 N–H and O–H groups in total. The van der Waals surface area contributed by atoms with E-state index in [4.69, 9.17) is 0 Å². The summed E-state index contributed by atoms with van der Waals surface area (Å²) in [5.41, 5.74) is -0.282. The third-order valence-electron chi connectivity index (χ3n) is 4.13. The van der Waals surface area contributed by atoms with Gasteiger partial charge in [0.05, 0.1) is 12.1 Å². The molecule has 0 aliphatic carbocycles. The lowest BCUT2D eigenvalue weighted by atomic mass is 9.91. The lowest BCUT2D eigenvalue weighted by molar-refractivity contribution is -0.142. The minimum absolute atomic E-state index is 0.108. The Kier molecular flexibility index (Phi) is 3.43. The number of piperazine rings is 2. The maximum Gasteiger partial charge on any atom is 0.219 e. The van der Waals surface area contributed by atoms with Crippen LogP contribution in [0.4, 0.5) is 0 Å². The summed E-state index contributed by atoms with van der Waals surface area (Å²) in [6.45, 7) is 8.18. The Labute approximate surface area is 103 Å². The molecule has 0 aromatic heterocycles. The van der Waals surface area contributed by atoms with E-state index in [9.17, 15) is 9.90 Å². The van der Waals surface area contributed by atoms with Crippen molar-refractivity contribution in [1.82, 2.24) is 14.7 Å². The summed E-state index contributed by atoms with van der Waals surface area (Å²) in [7, 11) is 2.11. The predicted octanol–water partition coefficient (Wildman–Crippen LogP) is -0.784. The summed E-state index contributed by atoms with van der Waals surface area (Å²) in [5.74, 6) is 0.109. The van der Waals surface area contributed by atoms with Gasteiger partial charge in [-0.15, -0.1) is 0 Å². The van der Waals surface area contributed by atoms with Crippen molar-refractivity contribution in [3.63, 3.8) is 0 Å². The highest BCUT2D eigenvalue weighted by atomic mass is 16.3. The smallest absolute Gasteiger partial charge is 0.219 e. The van der Waals surface area contributed by atoms with E-state index in [0.717, 1.165) is 26.2 Å². The second kappa shape index (κ2) is 4.55. The molecule has 2 atom stereocenters. The van der Waals surface area contributed by atoms with Crippen LogP contribution in [0, 0.1) is 0 Å². The normalized spacial score (nSPS) is 35.8. The Bertz CT molecular complexity index is 310. The van der Waals surface area contributed by atoms with E-state index in [0.29, 0.717) is 12.6 Å². The van der Waals surface area contributed by atoms with Gasteiger partial charge in [0.15, 0.2) is 0 Å². The molecule has 98 valence electrons. The fraction of sp³-hybridized carbons (Fsp3) is 0.917. The third kappa shape index (κ3) is 2.32. The lowest BCUT2D eigenvalue weighted by Crippen LogP contribution is -2.71. The van der Waals surface area contributed by atoms with Crippen molar-refractivity contribution in [2.24, 2.45) is 0 Å². The van der Waals surface area contributed by atoms with Gasteiger partial charge in [-0.05, 0) is 14.0 Å². The molecule has 2 unspecified atom stereocenters. The molecule has 2 rings (SSSR count). The van der Waals surface area contributed by atoms with Crippen LogP contribution in [0.15, 0.2) is 0 Å². The van der Waals surface area contributed by atoms with Gasteiger partial charge in [-0.3, -0.25) is 9.69 Å². The van der Waals surface area contributed by atoms with E-state index in [1.807, 2.05) is 4.90 Å². The Morgan fingerprint density at radius 1 is 1.41 bits per heavy atom. The maximum absolute atomic E-state index is 11.6. The molecule has 2 saturated heterocycles. The molecule has 0 aromatic rings. The zero-order chi connectivity index (χ0) is 12.6. The van der Waals surface area contributed by atoms with Crippen molar-refractivity contribution < 1.29 is 9.90 Å². The van der Waals surface area contributed by atoms with Gasteiger partial charge in [0, 0.05) is 45.7 Å². The number of aliphatic hydroxyl groups excluding tert-OH is 1. The summed E-state index contributed by atoms with van der Waals surface area (Å²) < 4.78 is 0. The van der Waals surface area contributed by atoms with Gasteiger partial charge >= 0.3 is 0 Å². The van der Waals surface area contributed by atoms with Crippen molar-refractivity contribution >= 4 is 5.91 Å². The van der Waals surface area contributed by atoms with E-state index < -0.39 is 0 Å². The van der Waals surface area contributed by atoms with Gasteiger partial charge in [0.2, 0.25) is 5.91 Å². The highest BCUT2D eigenvalue weighted by Crippen LogP contribution is 2.27. The minimum atomic E-state index is -0.282. The van der Waals surface area contributed by atoms with Gasteiger partial charge in [-0.1, -0.05) is 0 Å². The molecule has 2 aliphatic heterocycles. The zero-order valence-corrected chi connectivity index (χ0v) is 11.0. The number of hydrogen-bond acceptors (Lipinski definition) is 4. The fourth-order valence-electron chi connectivity index (χ4n) is 3.08. The number of carbonyl (C=O) groups excluding carboxylic acids is 1. The van der Waals surface area contributed by atoms with Crippen molar-refractivity contribution in [3.05, 3.63) is 0 Å². The van der Waals surface area contributed by atoms with E-state index in [-0.39, 0.29) is 18.1 Å². The molecule has 2 aliphatic rings. The molecular weight excluding hydrogens is 218 g/mol. The van der Waals surface area contributed by atoms with Crippen LogP contribution in [0.3, 0.4) is 0 Å². The summed E-state index contributed by atoms with van der Waals surface area (Å²) in [6.07, 6.45) is 0. The van der Waals surface area contributed by atoms with E-state index in [1.165, 1.54) is 0 Å². The number of aliphatic hydroxyl groups is 1. The Morgan fingerprint density at radius 3 is 2.71 bits per heavy atom. The van der Waals surface area contributed by atoms with Gasteiger partial charge in [-0.2, -0.15) is 0 Å². The van der Waals surface area contributed by atoms with Crippen LogP contribution in [0.5, 0.6) is 0 Å². The molecule has 5 nitrogen and oxygen atoms in total. The molecule has 17 heavy (non-hydrogen) atoms. The van der Waals surface area contributed by atoms with Crippen LogP contribution in [0.1, 0.15) is 13.8 Å². The van der Waals surface area contributed by atoms with Crippen LogP contribution < -0.4 is 0 Å². The quantitative estimate of drug-likeness (QED) is 0.654. The van der Waals surface area contributed by atoms with Crippen molar-refractivity contribution in [1.29, 1.82) is 0 Å². The molecule has 0 spiro atoms. The average molecular weight is 241 g/mol. The summed E-state index contributed by atoms with van der Waals surface area (Å²) in [4.78, 5) is 18.1. The van der Waals surface area contributed by atoms with Crippen LogP contribution in [-0.2, 0) is 4.79 Å². The molecule has 1 amide bonds. The van der Waals surface area contributed by atoms with Crippen molar-refractivity contribution in [2.45, 2.75) is 25.4 Å². The number of rotatable bonds is 1. The number of likely N-dealkylation sites (N-methyl/N-ethyl adjacent to an activating group) is 1. The first-order valence-electron chi connectivity index (χ1n) is 6.28. The van der Waals surface area contributed by atoms with Gasteiger partial charge in [-0.25, -0.2) is 0 Å². The molecule has 0 bridgehead atoms. The fourth-order valence-corrected chi connectivity index (χ4v) is 3.08. The van der Waals surface area contributed by atoms with E-state index in [2.05, 4.69) is 23.8 Å². The van der Waals surface area contributed by atoms with E-state index >= 15 is 0 Å². The Morgan fingerprint density at radius 2 is 2.12 bits per heavy atom. The predicted molar refractivity (Wildman–Crippen MR) is 65.7 cm³/mol. The topological polar surface area (TPSA) is 47.0 Å². The number of nitrogens with zero attached hydrogens (tertiary/aromatic N) is 3. The van der Waals surface area contributed by atoms with Crippen LogP contribution in [0.2, 0.25) is 0 Å². The molecule has 2 fully saturated rings. The number of hydrogen-bond donors (Lipinski definition) is 1. The molecule has 2 heterocycles. The minimum Gasteiger partial charge on any atom is -0.394 e. The van der Waals surface area contributed by atoms with Crippen LogP contribution in [-0.4, -0.2) is 83.7 Å². The first-order valence-corrected chi connectivity index (χ1v) is 6.28. The first-order chi connectivity index (χ1) is 7.96. The lowest BCUT2D eigenvalue weighted by Gasteiger charge is -2.55. The van der Waals surface area contributed by atoms with Crippen LogP contribution >= 0.6 is 0 Å². The Balaban J connectivity index is 2.19.